The molecule has 0 atom stereocenters. The van der Waals surface area contributed by atoms with E-state index in [2.05, 4.69) is 0 Å². The lowest BCUT2D eigenvalue weighted by atomic mass is 9.94. The van der Waals surface area contributed by atoms with E-state index in [4.69, 9.17) is 14.5 Å². The molecule has 2 aliphatic heterocycles. The Balaban J connectivity index is 1.42. The molecule has 3 aliphatic rings. The van der Waals surface area contributed by atoms with Crippen molar-refractivity contribution < 1.29 is 18.7 Å². The lowest BCUT2D eigenvalue weighted by Gasteiger charge is -2.30. The maximum atomic E-state index is 13.4. The van der Waals surface area contributed by atoms with Crippen molar-refractivity contribution in [1.82, 2.24) is 4.90 Å². The topological polar surface area (TPSA) is 51.1 Å². The van der Waals surface area contributed by atoms with Gasteiger partial charge in [-0.15, -0.1) is 0 Å². The summed E-state index contributed by atoms with van der Waals surface area (Å²) in [5, 5.41) is 0.731. The lowest BCUT2D eigenvalue weighted by molar-refractivity contribution is -0.124. The van der Waals surface area contributed by atoms with E-state index in [0.29, 0.717) is 30.4 Å². The predicted octanol–water partition coefficient (Wildman–Crippen LogP) is 5.40. The summed E-state index contributed by atoms with van der Waals surface area (Å²) in [6.45, 7) is 1.48. The monoisotopic (exact) mass is 452 g/mol. The Kier molecular flexibility index (Phi) is 6.17. The first-order valence-corrected chi connectivity index (χ1v) is 11.9. The Morgan fingerprint density at radius 1 is 1.03 bits per heavy atom. The highest BCUT2D eigenvalue weighted by molar-refractivity contribution is 8.18. The molecule has 0 aromatic heterocycles. The molecule has 2 heterocycles. The van der Waals surface area contributed by atoms with Crippen LogP contribution in [0.4, 0.5) is 4.39 Å². The fourth-order valence-electron chi connectivity index (χ4n) is 4.31. The average molecular weight is 453 g/mol. The van der Waals surface area contributed by atoms with Crippen LogP contribution in [-0.2, 0) is 11.3 Å². The number of rotatable bonds is 4. The Bertz CT molecular complexity index is 1060. The van der Waals surface area contributed by atoms with Gasteiger partial charge in [-0.25, -0.2) is 4.39 Å². The Labute approximate surface area is 191 Å². The molecule has 2 aromatic carbocycles. The molecule has 0 N–H and O–H groups in total. The van der Waals surface area contributed by atoms with Crippen molar-refractivity contribution in [3.63, 3.8) is 0 Å². The average Bonchev–Trinajstić information content (AvgIpc) is 3.14. The Hall–Kier alpha value is -2.80. The van der Waals surface area contributed by atoms with Gasteiger partial charge in [0.1, 0.15) is 19.0 Å². The van der Waals surface area contributed by atoms with Crippen molar-refractivity contribution in [2.45, 2.75) is 44.7 Å². The number of hydrogen-bond donors (Lipinski definition) is 0. The van der Waals surface area contributed by atoms with E-state index in [9.17, 15) is 9.18 Å². The third kappa shape index (κ3) is 4.53. The molecule has 2 fully saturated rings. The largest absolute Gasteiger partial charge is 0.486 e. The Morgan fingerprint density at radius 3 is 2.56 bits per heavy atom. The van der Waals surface area contributed by atoms with Crippen molar-refractivity contribution in [3.8, 4) is 11.5 Å². The first-order valence-electron chi connectivity index (χ1n) is 11.1. The number of nitrogens with zero attached hydrogens (tertiary/aromatic N) is 2. The van der Waals surface area contributed by atoms with E-state index >= 15 is 0 Å². The number of halogens is 1. The number of ether oxygens (including phenoxy) is 2. The number of fused-ring (bicyclic) bond motifs is 1. The van der Waals surface area contributed by atoms with Crippen LogP contribution < -0.4 is 9.47 Å². The van der Waals surface area contributed by atoms with Crippen molar-refractivity contribution in [2.24, 2.45) is 4.99 Å². The number of carbonyl (C=O) groups is 1. The van der Waals surface area contributed by atoms with Crippen molar-refractivity contribution >= 4 is 28.9 Å². The van der Waals surface area contributed by atoms with Gasteiger partial charge in [-0.05, 0) is 66.1 Å². The summed E-state index contributed by atoms with van der Waals surface area (Å²) in [7, 11) is 0. The number of hydrogen-bond acceptors (Lipinski definition) is 5. The molecule has 1 saturated carbocycles. The highest BCUT2D eigenvalue weighted by Crippen LogP contribution is 2.39. The third-order valence-electron chi connectivity index (χ3n) is 5.95. The van der Waals surface area contributed by atoms with Crippen LogP contribution in [0.1, 0.15) is 43.2 Å². The van der Waals surface area contributed by atoms with E-state index in [1.807, 2.05) is 29.2 Å². The summed E-state index contributed by atoms with van der Waals surface area (Å²) in [5.74, 6) is 1.18. The SMILES string of the molecule is O=C1/C(=C/c2ccc3c(c2)OCCO3)SC(=NCc2ccc(F)cc2)N1C1CCCCC1. The smallest absolute Gasteiger partial charge is 0.266 e. The van der Waals surface area contributed by atoms with Crippen LogP contribution in [0.15, 0.2) is 52.4 Å². The van der Waals surface area contributed by atoms with Gasteiger partial charge >= 0.3 is 0 Å². The maximum Gasteiger partial charge on any atom is 0.266 e. The number of amides is 1. The Morgan fingerprint density at radius 2 is 1.78 bits per heavy atom. The highest BCUT2D eigenvalue weighted by Gasteiger charge is 2.38. The second-order valence-electron chi connectivity index (χ2n) is 8.21. The fraction of sp³-hybridized carbons (Fsp3) is 0.360. The molecule has 7 heteroatoms. The van der Waals surface area contributed by atoms with Crippen LogP contribution in [0.5, 0.6) is 11.5 Å². The molecule has 1 amide bonds. The van der Waals surface area contributed by atoms with Gasteiger partial charge in [0.15, 0.2) is 16.7 Å². The molecular weight excluding hydrogens is 427 g/mol. The van der Waals surface area contributed by atoms with Gasteiger partial charge < -0.3 is 9.47 Å². The van der Waals surface area contributed by atoms with E-state index in [1.54, 1.807) is 12.1 Å². The van der Waals surface area contributed by atoms with Crippen LogP contribution in [0, 0.1) is 5.82 Å². The van der Waals surface area contributed by atoms with Gasteiger partial charge in [0.2, 0.25) is 0 Å². The van der Waals surface area contributed by atoms with E-state index in [-0.39, 0.29) is 17.8 Å². The van der Waals surface area contributed by atoms with E-state index in [1.165, 1.54) is 30.3 Å². The number of carbonyl (C=O) groups excluding carboxylic acids is 1. The number of thioether (sulfide) groups is 1. The van der Waals surface area contributed by atoms with Crippen molar-refractivity contribution in [2.75, 3.05) is 13.2 Å². The van der Waals surface area contributed by atoms with Crippen LogP contribution >= 0.6 is 11.8 Å². The molecule has 0 spiro atoms. The zero-order valence-corrected chi connectivity index (χ0v) is 18.6. The molecule has 166 valence electrons. The minimum Gasteiger partial charge on any atom is -0.486 e. The molecule has 0 bridgehead atoms. The minimum atomic E-state index is -0.264. The van der Waals surface area contributed by atoms with Crippen LogP contribution in [0.3, 0.4) is 0 Å². The van der Waals surface area contributed by atoms with E-state index in [0.717, 1.165) is 47.7 Å². The molecule has 0 unspecified atom stereocenters. The van der Waals surface area contributed by atoms with Gasteiger partial charge in [-0.2, -0.15) is 0 Å². The zero-order chi connectivity index (χ0) is 21.9. The number of benzene rings is 2. The minimum absolute atomic E-state index is 0.00893. The van der Waals surface area contributed by atoms with Gasteiger partial charge in [0.25, 0.3) is 5.91 Å². The summed E-state index contributed by atoms with van der Waals surface area (Å²) >= 11 is 1.42. The number of amidine groups is 1. The first kappa shape index (κ1) is 21.1. The molecule has 1 aliphatic carbocycles. The standard InChI is InChI=1S/C25H25FN2O3S/c26-19-9-6-17(7-10-19)16-27-25-28(20-4-2-1-3-5-20)24(29)23(32-25)15-18-8-11-21-22(14-18)31-13-12-30-21/h6-11,14-15,20H,1-5,12-13,16H2/b23-15-,27-25?. The molecular formula is C25H25FN2O3S. The van der Waals surface area contributed by atoms with Gasteiger partial charge in [0, 0.05) is 6.04 Å². The molecule has 0 radical (unpaired) electrons. The first-order chi connectivity index (χ1) is 15.7. The van der Waals surface area contributed by atoms with Gasteiger partial charge in [-0.3, -0.25) is 14.7 Å². The van der Waals surface area contributed by atoms with Gasteiger partial charge in [0.05, 0.1) is 11.4 Å². The van der Waals surface area contributed by atoms with Crippen LogP contribution in [0.25, 0.3) is 6.08 Å². The summed E-state index contributed by atoms with van der Waals surface area (Å²) in [5.41, 5.74) is 1.81. The van der Waals surface area contributed by atoms with Crippen molar-refractivity contribution in [3.05, 3.63) is 64.3 Å². The summed E-state index contributed by atoms with van der Waals surface area (Å²) in [4.78, 5) is 20.7. The molecule has 32 heavy (non-hydrogen) atoms. The quantitative estimate of drug-likeness (QED) is 0.583. The summed E-state index contributed by atoms with van der Waals surface area (Å²) in [6.07, 6.45) is 7.38. The molecule has 5 rings (SSSR count). The highest BCUT2D eigenvalue weighted by atomic mass is 32.2. The summed E-state index contributed by atoms with van der Waals surface area (Å²) < 4.78 is 24.5. The fourth-order valence-corrected chi connectivity index (χ4v) is 5.34. The van der Waals surface area contributed by atoms with E-state index < -0.39 is 0 Å². The van der Waals surface area contributed by atoms with Crippen molar-refractivity contribution in [1.29, 1.82) is 0 Å². The predicted molar refractivity (Wildman–Crippen MR) is 124 cm³/mol. The lowest BCUT2D eigenvalue weighted by Crippen LogP contribution is -2.40. The zero-order valence-electron chi connectivity index (χ0n) is 17.8. The second-order valence-corrected chi connectivity index (χ2v) is 9.22. The number of aliphatic imine (C=N–C) groups is 1. The second kappa shape index (κ2) is 9.36. The third-order valence-corrected chi connectivity index (χ3v) is 6.97. The van der Waals surface area contributed by atoms with Crippen LogP contribution in [-0.4, -0.2) is 35.2 Å². The van der Waals surface area contributed by atoms with Crippen LogP contribution in [0.2, 0.25) is 0 Å². The molecule has 2 aromatic rings. The normalized spacial score (nSPS) is 21.5. The molecule has 1 saturated heterocycles. The molecule has 5 nitrogen and oxygen atoms in total. The summed E-state index contributed by atoms with van der Waals surface area (Å²) in [6, 6.07) is 12.3. The maximum absolute atomic E-state index is 13.4. The van der Waals surface area contributed by atoms with Gasteiger partial charge in [-0.1, -0.05) is 37.5 Å².